The Kier molecular flexibility index (Phi) is 9.89. The highest BCUT2D eigenvalue weighted by Crippen LogP contribution is 2.11. The molecule has 0 bridgehead atoms. The topological polar surface area (TPSA) is 91.0 Å². The summed E-state index contributed by atoms with van der Waals surface area (Å²) < 4.78 is 5.41. The summed E-state index contributed by atoms with van der Waals surface area (Å²) in [7, 11) is 0. The molecule has 1 aliphatic rings. The van der Waals surface area contributed by atoms with E-state index in [1.807, 2.05) is 48.5 Å². The standard InChI is InChI=1S/C21H40N4O4/c1-15(2)14-17(26)23-18(16(3)4)19(27)22-8-9-24-10-12-25(13-11-24)20(28)29-21(5,6)7/h15-16,18H,8-14H2,1-7H3,(H,22,27)(H,23,26). The van der Waals surface area contributed by atoms with Crippen molar-refractivity contribution in [3.05, 3.63) is 0 Å². The van der Waals surface area contributed by atoms with E-state index in [-0.39, 0.29) is 29.7 Å². The minimum atomic E-state index is -0.523. The summed E-state index contributed by atoms with van der Waals surface area (Å²) in [4.78, 5) is 40.6. The Morgan fingerprint density at radius 2 is 1.59 bits per heavy atom. The summed E-state index contributed by atoms with van der Waals surface area (Å²) in [6.07, 6.45) is 0.140. The van der Waals surface area contributed by atoms with Crippen molar-refractivity contribution in [1.82, 2.24) is 20.4 Å². The maximum Gasteiger partial charge on any atom is 0.410 e. The molecule has 0 saturated carbocycles. The summed E-state index contributed by atoms with van der Waals surface area (Å²) >= 11 is 0. The Balaban J connectivity index is 2.36. The van der Waals surface area contributed by atoms with Crippen LogP contribution in [0.5, 0.6) is 0 Å². The van der Waals surface area contributed by atoms with E-state index in [0.717, 1.165) is 13.1 Å². The smallest absolute Gasteiger partial charge is 0.410 e. The van der Waals surface area contributed by atoms with Crippen molar-refractivity contribution < 1.29 is 19.1 Å². The van der Waals surface area contributed by atoms with Crippen LogP contribution in [-0.2, 0) is 14.3 Å². The van der Waals surface area contributed by atoms with Gasteiger partial charge in [-0.2, -0.15) is 0 Å². The van der Waals surface area contributed by atoms with E-state index in [4.69, 9.17) is 4.74 Å². The summed E-state index contributed by atoms with van der Waals surface area (Å²) in [6, 6.07) is -0.523. The number of carbonyl (C=O) groups is 3. The monoisotopic (exact) mass is 412 g/mol. The molecule has 0 aromatic carbocycles. The fourth-order valence-electron chi connectivity index (χ4n) is 3.07. The number of hydrogen-bond donors (Lipinski definition) is 2. The molecule has 168 valence electrons. The molecule has 1 saturated heterocycles. The predicted molar refractivity (Wildman–Crippen MR) is 113 cm³/mol. The number of nitrogens with one attached hydrogen (secondary N) is 2. The Morgan fingerprint density at radius 1 is 1.00 bits per heavy atom. The molecule has 1 atom stereocenters. The first-order valence-electron chi connectivity index (χ1n) is 10.7. The normalized spacial score (nSPS) is 16.7. The maximum absolute atomic E-state index is 12.5. The fraction of sp³-hybridized carbons (Fsp3) is 0.857. The Hall–Kier alpha value is -1.83. The zero-order valence-corrected chi connectivity index (χ0v) is 19.2. The molecule has 8 nitrogen and oxygen atoms in total. The molecule has 1 heterocycles. The third kappa shape index (κ3) is 9.96. The molecule has 0 spiro atoms. The van der Waals surface area contributed by atoms with E-state index >= 15 is 0 Å². The van der Waals surface area contributed by atoms with E-state index in [1.54, 1.807) is 4.90 Å². The summed E-state index contributed by atoms with van der Waals surface area (Å²) in [5.74, 6) is 0.0327. The highest BCUT2D eigenvalue weighted by atomic mass is 16.6. The van der Waals surface area contributed by atoms with Crippen LogP contribution in [0.1, 0.15) is 54.9 Å². The van der Waals surface area contributed by atoms with Crippen molar-refractivity contribution in [3.63, 3.8) is 0 Å². The Bertz CT molecular complexity index is 549. The second-order valence-electron chi connectivity index (χ2n) is 9.49. The largest absolute Gasteiger partial charge is 0.444 e. The zero-order valence-electron chi connectivity index (χ0n) is 19.2. The molecule has 0 aromatic rings. The third-order valence-corrected chi connectivity index (χ3v) is 4.61. The van der Waals surface area contributed by atoms with Gasteiger partial charge in [-0.1, -0.05) is 27.7 Å². The lowest BCUT2D eigenvalue weighted by Gasteiger charge is -2.35. The number of piperazine rings is 1. The fourth-order valence-corrected chi connectivity index (χ4v) is 3.07. The summed E-state index contributed by atoms with van der Waals surface area (Å²) in [5, 5.41) is 5.78. The number of ether oxygens (including phenoxy) is 1. The third-order valence-electron chi connectivity index (χ3n) is 4.61. The van der Waals surface area contributed by atoms with Gasteiger partial charge in [0.15, 0.2) is 0 Å². The van der Waals surface area contributed by atoms with Gasteiger partial charge in [-0.05, 0) is 32.6 Å². The van der Waals surface area contributed by atoms with Gasteiger partial charge in [0.1, 0.15) is 11.6 Å². The minimum absolute atomic E-state index is 0.0171. The number of hydrogen-bond acceptors (Lipinski definition) is 5. The van der Waals surface area contributed by atoms with Crippen molar-refractivity contribution in [3.8, 4) is 0 Å². The van der Waals surface area contributed by atoms with Crippen LogP contribution in [0.25, 0.3) is 0 Å². The first-order chi connectivity index (χ1) is 13.4. The predicted octanol–water partition coefficient (Wildman–Crippen LogP) is 1.84. The van der Waals surface area contributed by atoms with Crippen molar-refractivity contribution in [1.29, 1.82) is 0 Å². The van der Waals surface area contributed by atoms with Crippen LogP contribution >= 0.6 is 0 Å². The summed E-state index contributed by atoms with van der Waals surface area (Å²) in [6.45, 7) is 17.3. The lowest BCUT2D eigenvalue weighted by molar-refractivity contribution is -0.130. The van der Waals surface area contributed by atoms with Crippen LogP contribution in [0.15, 0.2) is 0 Å². The molecular formula is C21H40N4O4. The first-order valence-corrected chi connectivity index (χ1v) is 10.7. The van der Waals surface area contributed by atoms with E-state index in [1.165, 1.54) is 0 Å². The number of rotatable bonds is 8. The molecule has 29 heavy (non-hydrogen) atoms. The molecule has 0 aliphatic carbocycles. The number of carbonyl (C=O) groups excluding carboxylic acids is 3. The van der Waals surface area contributed by atoms with Crippen molar-refractivity contribution in [2.75, 3.05) is 39.3 Å². The van der Waals surface area contributed by atoms with Crippen LogP contribution < -0.4 is 10.6 Å². The van der Waals surface area contributed by atoms with Crippen LogP contribution in [0, 0.1) is 11.8 Å². The van der Waals surface area contributed by atoms with E-state index in [0.29, 0.717) is 32.6 Å². The number of amides is 3. The quantitative estimate of drug-likeness (QED) is 0.635. The average molecular weight is 413 g/mol. The van der Waals surface area contributed by atoms with E-state index in [2.05, 4.69) is 15.5 Å². The maximum atomic E-state index is 12.5. The highest BCUT2D eigenvalue weighted by molar-refractivity contribution is 5.87. The van der Waals surface area contributed by atoms with Crippen LogP contribution in [-0.4, -0.2) is 78.6 Å². The first kappa shape index (κ1) is 25.2. The van der Waals surface area contributed by atoms with Crippen LogP contribution in [0.2, 0.25) is 0 Å². The molecule has 0 radical (unpaired) electrons. The molecular weight excluding hydrogens is 372 g/mol. The molecule has 1 rings (SSSR count). The Morgan fingerprint density at radius 3 is 2.07 bits per heavy atom. The SMILES string of the molecule is CC(C)CC(=O)NC(C(=O)NCCN1CCN(C(=O)OC(C)(C)C)CC1)C(C)C. The van der Waals surface area contributed by atoms with Gasteiger partial charge in [0, 0.05) is 45.7 Å². The molecule has 3 amide bonds. The van der Waals surface area contributed by atoms with Gasteiger partial charge in [-0.25, -0.2) is 4.79 Å². The highest BCUT2D eigenvalue weighted by Gasteiger charge is 2.27. The second-order valence-corrected chi connectivity index (χ2v) is 9.49. The van der Waals surface area contributed by atoms with Gasteiger partial charge in [0.2, 0.25) is 11.8 Å². The van der Waals surface area contributed by atoms with E-state index < -0.39 is 11.6 Å². The molecule has 1 fully saturated rings. The van der Waals surface area contributed by atoms with Gasteiger partial charge in [-0.15, -0.1) is 0 Å². The molecule has 2 N–H and O–H groups in total. The lowest BCUT2D eigenvalue weighted by Crippen LogP contribution is -2.53. The van der Waals surface area contributed by atoms with Crippen molar-refractivity contribution >= 4 is 17.9 Å². The second kappa shape index (κ2) is 11.4. The zero-order chi connectivity index (χ0) is 22.2. The Labute approximate surface area is 175 Å². The molecule has 8 heteroatoms. The average Bonchev–Trinajstić information content (AvgIpc) is 2.57. The van der Waals surface area contributed by atoms with E-state index in [9.17, 15) is 14.4 Å². The molecule has 0 aromatic heterocycles. The molecule has 1 aliphatic heterocycles. The van der Waals surface area contributed by atoms with Crippen LogP contribution in [0.4, 0.5) is 4.79 Å². The van der Waals surface area contributed by atoms with Gasteiger partial charge >= 0.3 is 6.09 Å². The number of nitrogens with zero attached hydrogens (tertiary/aromatic N) is 2. The van der Waals surface area contributed by atoms with Gasteiger partial charge in [-0.3, -0.25) is 14.5 Å². The van der Waals surface area contributed by atoms with Crippen molar-refractivity contribution in [2.45, 2.75) is 66.5 Å². The molecule has 1 unspecified atom stereocenters. The van der Waals surface area contributed by atoms with Crippen molar-refractivity contribution in [2.24, 2.45) is 11.8 Å². The minimum Gasteiger partial charge on any atom is -0.444 e. The summed E-state index contributed by atoms with van der Waals surface area (Å²) in [5.41, 5.74) is -0.490. The van der Waals surface area contributed by atoms with Crippen LogP contribution in [0.3, 0.4) is 0 Å². The van der Waals surface area contributed by atoms with Gasteiger partial charge in [0.05, 0.1) is 0 Å². The van der Waals surface area contributed by atoms with Gasteiger partial charge in [0.25, 0.3) is 0 Å². The lowest BCUT2D eigenvalue weighted by atomic mass is 10.0. The van der Waals surface area contributed by atoms with Gasteiger partial charge < -0.3 is 20.3 Å².